The van der Waals surface area contributed by atoms with Gasteiger partial charge in [-0.2, -0.15) is 0 Å². The third kappa shape index (κ3) is 2.29. The smallest absolute Gasteiger partial charge is 0.153 e. The first kappa shape index (κ1) is 13.8. The number of hydrogen-bond acceptors (Lipinski definition) is 2. The highest BCUT2D eigenvalue weighted by Crippen LogP contribution is 2.29. The van der Waals surface area contributed by atoms with Crippen molar-refractivity contribution in [1.29, 1.82) is 0 Å². The van der Waals surface area contributed by atoms with Gasteiger partial charge < -0.3 is 9.47 Å². The van der Waals surface area contributed by atoms with E-state index in [4.69, 9.17) is 11.6 Å². The largest absolute Gasteiger partial charge is 0.322 e. The Morgan fingerprint density at radius 3 is 2.90 bits per heavy atom. The van der Waals surface area contributed by atoms with Crippen molar-refractivity contribution in [3.8, 4) is 0 Å². The molecule has 1 saturated heterocycles. The Morgan fingerprint density at radius 1 is 1.40 bits per heavy atom. The van der Waals surface area contributed by atoms with Gasteiger partial charge in [0.2, 0.25) is 0 Å². The van der Waals surface area contributed by atoms with Crippen LogP contribution in [0.4, 0.5) is 8.78 Å². The van der Waals surface area contributed by atoms with Gasteiger partial charge in [0.05, 0.1) is 11.4 Å². The number of alkyl halides is 1. The summed E-state index contributed by atoms with van der Waals surface area (Å²) in [6, 6.07) is 2.37. The number of piperidine rings is 1. The zero-order valence-electron chi connectivity index (χ0n) is 11.2. The molecule has 0 N–H and O–H groups in total. The average molecular weight is 300 g/mol. The maximum absolute atomic E-state index is 13.9. The summed E-state index contributed by atoms with van der Waals surface area (Å²) in [5.74, 6) is -0.419. The quantitative estimate of drug-likeness (QED) is 0.793. The van der Waals surface area contributed by atoms with Crippen LogP contribution in [0.5, 0.6) is 0 Å². The van der Waals surface area contributed by atoms with E-state index in [1.54, 1.807) is 0 Å². The van der Waals surface area contributed by atoms with Crippen molar-refractivity contribution >= 4 is 22.6 Å². The first-order valence-electron chi connectivity index (χ1n) is 6.70. The summed E-state index contributed by atoms with van der Waals surface area (Å²) in [6.07, 6.45) is 2.03. The van der Waals surface area contributed by atoms with Crippen molar-refractivity contribution in [2.45, 2.75) is 24.8 Å². The highest BCUT2D eigenvalue weighted by molar-refractivity contribution is 6.16. The Kier molecular flexibility index (Phi) is 3.65. The monoisotopic (exact) mass is 299 g/mol. The van der Waals surface area contributed by atoms with Crippen LogP contribution in [0.1, 0.15) is 24.7 Å². The van der Waals surface area contributed by atoms with Crippen LogP contribution in [0.25, 0.3) is 11.0 Å². The normalized spacial score (nSPS) is 20.7. The second kappa shape index (κ2) is 5.30. The van der Waals surface area contributed by atoms with Gasteiger partial charge in [-0.05, 0) is 32.5 Å². The maximum Gasteiger partial charge on any atom is 0.153 e. The molecule has 0 saturated carbocycles. The van der Waals surface area contributed by atoms with Crippen LogP contribution in [-0.2, 0) is 5.88 Å². The number of aromatic nitrogens is 2. The van der Waals surface area contributed by atoms with E-state index in [0.717, 1.165) is 32.0 Å². The van der Waals surface area contributed by atoms with Crippen molar-refractivity contribution in [2.24, 2.45) is 0 Å². The number of fused-ring (bicyclic) bond motifs is 1. The van der Waals surface area contributed by atoms with E-state index in [1.165, 1.54) is 6.07 Å². The summed E-state index contributed by atoms with van der Waals surface area (Å²) in [7, 11) is 2.05. The highest BCUT2D eigenvalue weighted by Gasteiger charge is 2.24. The zero-order chi connectivity index (χ0) is 14.3. The molecule has 1 aliphatic heterocycles. The molecule has 2 aromatic rings. The molecule has 3 nitrogen and oxygen atoms in total. The van der Waals surface area contributed by atoms with Crippen molar-refractivity contribution < 1.29 is 8.78 Å². The van der Waals surface area contributed by atoms with Crippen LogP contribution in [-0.4, -0.2) is 34.6 Å². The van der Waals surface area contributed by atoms with Crippen LogP contribution < -0.4 is 0 Å². The molecule has 108 valence electrons. The Labute approximate surface area is 121 Å². The number of benzene rings is 1. The van der Waals surface area contributed by atoms with Gasteiger partial charge >= 0.3 is 0 Å². The molecular weight excluding hydrogens is 284 g/mol. The lowest BCUT2D eigenvalue weighted by molar-refractivity contribution is 0.213. The second-order valence-corrected chi connectivity index (χ2v) is 5.61. The van der Waals surface area contributed by atoms with E-state index in [9.17, 15) is 8.78 Å². The number of likely N-dealkylation sites (N-methyl/N-ethyl adjacent to an activating group) is 1. The van der Waals surface area contributed by atoms with Crippen molar-refractivity contribution in [3.63, 3.8) is 0 Å². The number of rotatable bonds is 2. The molecule has 1 unspecified atom stereocenters. The van der Waals surface area contributed by atoms with E-state index in [1.807, 2.05) is 11.6 Å². The summed E-state index contributed by atoms with van der Waals surface area (Å²) in [5, 5.41) is 0. The fourth-order valence-electron chi connectivity index (χ4n) is 3.02. The molecule has 2 heterocycles. The topological polar surface area (TPSA) is 21.1 Å². The SMILES string of the molecule is CN1CCCC(n2c(CCl)nc3c(F)cc(F)cc32)C1. The van der Waals surface area contributed by atoms with Crippen LogP contribution in [0.15, 0.2) is 12.1 Å². The molecule has 0 amide bonds. The zero-order valence-corrected chi connectivity index (χ0v) is 12.0. The summed E-state index contributed by atoms with van der Waals surface area (Å²) < 4.78 is 29.3. The molecule has 3 rings (SSSR count). The molecule has 20 heavy (non-hydrogen) atoms. The standard InChI is InChI=1S/C14H16ClF2N3/c1-19-4-2-3-10(8-19)20-12-6-9(16)5-11(17)14(12)18-13(20)7-15/h5-6,10H,2-4,7-8H2,1H3. The van der Waals surface area contributed by atoms with Gasteiger partial charge in [-0.3, -0.25) is 0 Å². The van der Waals surface area contributed by atoms with E-state index in [0.29, 0.717) is 11.3 Å². The average Bonchev–Trinajstić information content (AvgIpc) is 2.77. The fourth-order valence-corrected chi connectivity index (χ4v) is 3.21. The lowest BCUT2D eigenvalue weighted by atomic mass is 10.1. The molecule has 0 radical (unpaired) electrons. The number of nitrogens with zero attached hydrogens (tertiary/aromatic N) is 3. The van der Waals surface area contributed by atoms with E-state index < -0.39 is 11.6 Å². The number of likely N-dealkylation sites (tertiary alicyclic amines) is 1. The van der Waals surface area contributed by atoms with Crippen molar-refractivity contribution in [2.75, 3.05) is 20.1 Å². The molecule has 0 aliphatic carbocycles. The van der Waals surface area contributed by atoms with Crippen LogP contribution in [0, 0.1) is 11.6 Å². The van der Waals surface area contributed by atoms with E-state index in [-0.39, 0.29) is 17.4 Å². The molecule has 1 atom stereocenters. The molecule has 6 heteroatoms. The molecule has 1 fully saturated rings. The van der Waals surface area contributed by atoms with Gasteiger partial charge in [-0.25, -0.2) is 13.8 Å². The summed E-state index contributed by atoms with van der Waals surface area (Å²) in [6.45, 7) is 1.88. The lowest BCUT2D eigenvalue weighted by Crippen LogP contribution is -2.34. The maximum atomic E-state index is 13.9. The lowest BCUT2D eigenvalue weighted by Gasteiger charge is -2.31. The van der Waals surface area contributed by atoms with Crippen LogP contribution in [0.2, 0.25) is 0 Å². The van der Waals surface area contributed by atoms with Crippen molar-refractivity contribution in [3.05, 3.63) is 29.6 Å². The Balaban J connectivity index is 2.17. The second-order valence-electron chi connectivity index (χ2n) is 5.35. The molecule has 1 aromatic heterocycles. The molecule has 1 aliphatic rings. The third-order valence-corrected chi connectivity index (χ3v) is 4.11. The van der Waals surface area contributed by atoms with Crippen LogP contribution >= 0.6 is 11.6 Å². The first-order valence-corrected chi connectivity index (χ1v) is 7.24. The minimum Gasteiger partial charge on any atom is -0.322 e. The molecule has 1 aromatic carbocycles. The van der Waals surface area contributed by atoms with Crippen molar-refractivity contribution in [1.82, 2.24) is 14.5 Å². The minimum absolute atomic E-state index is 0.161. The van der Waals surface area contributed by atoms with Gasteiger partial charge in [0.25, 0.3) is 0 Å². The fraction of sp³-hybridized carbons (Fsp3) is 0.500. The summed E-state index contributed by atoms with van der Waals surface area (Å²) in [4.78, 5) is 6.46. The predicted octanol–water partition coefficient (Wildman–Crippen LogP) is 3.32. The van der Waals surface area contributed by atoms with Crippen LogP contribution in [0.3, 0.4) is 0 Å². The number of imidazole rings is 1. The van der Waals surface area contributed by atoms with Gasteiger partial charge in [0.1, 0.15) is 17.2 Å². The molecule has 0 spiro atoms. The predicted molar refractivity (Wildman–Crippen MR) is 75.0 cm³/mol. The van der Waals surface area contributed by atoms with E-state index in [2.05, 4.69) is 9.88 Å². The van der Waals surface area contributed by atoms with Gasteiger partial charge in [0.15, 0.2) is 5.82 Å². The Hall–Kier alpha value is -1.20. The third-order valence-electron chi connectivity index (χ3n) is 3.87. The summed E-state index contributed by atoms with van der Waals surface area (Å²) in [5.41, 5.74) is 0.703. The van der Waals surface area contributed by atoms with Gasteiger partial charge in [-0.1, -0.05) is 0 Å². The minimum atomic E-state index is -0.630. The number of halogens is 3. The Morgan fingerprint density at radius 2 is 2.20 bits per heavy atom. The number of hydrogen-bond donors (Lipinski definition) is 0. The Bertz CT molecular complexity index is 641. The highest BCUT2D eigenvalue weighted by atomic mass is 35.5. The molecule has 0 bridgehead atoms. The molecular formula is C14H16ClF2N3. The van der Waals surface area contributed by atoms with Gasteiger partial charge in [0, 0.05) is 18.7 Å². The first-order chi connectivity index (χ1) is 9.60. The van der Waals surface area contributed by atoms with E-state index >= 15 is 0 Å². The summed E-state index contributed by atoms with van der Waals surface area (Å²) >= 11 is 5.94. The van der Waals surface area contributed by atoms with Gasteiger partial charge in [-0.15, -0.1) is 11.6 Å².